The molecular weight excluding hydrogens is 410 g/mol. The third-order valence-electron chi connectivity index (χ3n) is 5.18. The summed E-state index contributed by atoms with van der Waals surface area (Å²) in [6.07, 6.45) is 0.540. The molecule has 2 aromatic carbocycles. The van der Waals surface area contributed by atoms with Crippen molar-refractivity contribution in [3.05, 3.63) is 76.1 Å². The molecule has 9 heteroatoms. The normalized spacial score (nSPS) is 14.8. The molecule has 1 aromatic heterocycles. The minimum atomic E-state index is -0.902. The molecule has 1 unspecified atom stereocenters. The number of nitrogens with one attached hydrogen (secondary N) is 4. The molecule has 2 heterocycles. The van der Waals surface area contributed by atoms with Crippen LogP contribution in [0.4, 0.5) is 17.5 Å². The van der Waals surface area contributed by atoms with Crippen molar-refractivity contribution in [2.75, 3.05) is 24.3 Å². The van der Waals surface area contributed by atoms with E-state index in [1.807, 2.05) is 30.3 Å². The Labute approximate surface area is 184 Å². The van der Waals surface area contributed by atoms with Crippen molar-refractivity contribution >= 4 is 29.3 Å². The van der Waals surface area contributed by atoms with Crippen LogP contribution in [0.3, 0.4) is 0 Å². The summed E-state index contributed by atoms with van der Waals surface area (Å²) in [6, 6.07) is 16.8. The summed E-state index contributed by atoms with van der Waals surface area (Å²) in [5.41, 5.74) is 1.44. The molecule has 164 valence electrons. The van der Waals surface area contributed by atoms with Crippen LogP contribution in [0.1, 0.15) is 23.5 Å². The zero-order valence-electron chi connectivity index (χ0n) is 17.5. The van der Waals surface area contributed by atoms with E-state index in [1.165, 1.54) is 0 Å². The van der Waals surface area contributed by atoms with Crippen LogP contribution in [-0.2, 0) is 16.0 Å². The van der Waals surface area contributed by atoms with Crippen LogP contribution in [0, 0.1) is 0 Å². The number of carbonyl (C=O) groups is 2. The van der Waals surface area contributed by atoms with Gasteiger partial charge in [0.25, 0.3) is 5.56 Å². The van der Waals surface area contributed by atoms with Gasteiger partial charge in [-0.25, -0.2) is 0 Å². The van der Waals surface area contributed by atoms with Crippen molar-refractivity contribution in [1.29, 1.82) is 0 Å². The van der Waals surface area contributed by atoms with Gasteiger partial charge in [-0.05, 0) is 36.2 Å². The molecular formula is C23H23N5O4. The molecule has 4 rings (SSSR count). The maximum Gasteiger partial charge on any atom is 0.258 e. The van der Waals surface area contributed by atoms with E-state index in [-0.39, 0.29) is 35.6 Å². The molecule has 0 saturated carbocycles. The number of aromatic nitrogens is 2. The first-order chi connectivity index (χ1) is 15.5. The largest absolute Gasteiger partial charge is 0.497 e. The number of amides is 2. The molecule has 0 fully saturated rings. The third-order valence-corrected chi connectivity index (χ3v) is 5.18. The zero-order valence-corrected chi connectivity index (χ0v) is 17.5. The number of fused-ring (bicyclic) bond motifs is 1. The van der Waals surface area contributed by atoms with Crippen molar-refractivity contribution in [3.63, 3.8) is 0 Å². The lowest BCUT2D eigenvalue weighted by atomic mass is 9.92. The maximum absolute atomic E-state index is 12.8. The van der Waals surface area contributed by atoms with Crippen LogP contribution in [0.2, 0.25) is 0 Å². The average Bonchev–Trinajstić information content (AvgIpc) is 2.79. The van der Waals surface area contributed by atoms with Gasteiger partial charge in [-0.1, -0.05) is 30.3 Å². The van der Waals surface area contributed by atoms with Crippen molar-refractivity contribution in [2.24, 2.45) is 0 Å². The van der Waals surface area contributed by atoms with Crippen molar-refractivity contribution < 1.29 is 14.3 Å². The van der Waals surface area contributed by atoms with Gasteiger partial charge in [0.1, 0.15) is 11.6 Å². The van der Waals surface area contributed by atoms with E-state index in [0.29, 0.717) is 24.4 Å². The predicted molar refractivity (Wildman–Crippen MR) is 120 cm³/mol. The molecule has 1 aliphatic heterocycles. The summed E-state index contributed by atoms with van der Waals surface area (Å²) in [4.78, 5) is 44.8. The van der Waals surface area contributed by atoms with Gasteiger partial charge in [0.15, 0.2) is 0 Å². The molecule has 1 aliphatic rings. The summed E-state index contributed by atoms with van der Waals surface area (Å²) in [7, 11) is 1.57. The Balaban J connectivity index is 1.50. The summed E-state index contributed by atoms with van der Waals surface area (Å²) in [6.45, 7) is 0.402. The van der Waals surface area contributed by atoms with Crippen LogP contribution in [0.5, 0.6) is 5.75 Å². The van der Waals surface area contributed by atoms with E-state index < -0.39 is 11.5 Å². The summed E-state index contributed by atoms with van der Waals surface area (Å²) >= 11 is 0. The number of aromatic amines is 1. The fourth-order valence-corrected chi connectivity index (χ4v) is 3.56. The SMILES string of the molecule is COc1ccc(Nc2nc3c(c(=O)[nH]2)C(C(=O)NCCc2ccccc2)CC(=O)N3)cc1. The van der Waals surface area contributed by atoms with Crippen LogP contribution >= 0.6 is 0 Å². The van der Waals surface area contributed by atoms with Gasteiger partial charge in [0.05, 0.1) is 18.6 Å². The number of benzene rings is 2. The van der Waals surface area contributed by atoms with Crippen molar-refractivity contribution in [3.8, 4) is 5.75 Å². The highest BCUT2D eigenvalue weighted by atomic mass is 16.5. The minimum absolute atomic E-state index is 0.0872. The lowest BCUT2D eigenvalue weighted by molar-refractivity contribution is -0.126. The third kappa shape index (κ3) is 4.77. The van der Waals surface area contributed by atoms with Crippen LogP contribution < -0.4 is 26.2 Å². The highest BCUT2D eigenvalue weighted by molar-refractivity contribution is 6.00. The Kier molecular flexibility index (Phi) is 6.16. The smallest absolute Gasteiger partial charge is 0.258 e. The monoisotopic (exact) mass is 433 g/mol. The molecule has 3 aromatic rings. The number of carbonyl (C=O) groups excluding carboxylic acids is 2. The zero-order chi connectivity index (χ0) is 22.5. The Bertz CT molecular complexity index is 1180. The number of rotatable bonds is 7. The topological polar surface area (TPSA) is 125 Å². The second-order valence-electron chi connectivity index (χ2n) is 7.36. The Morgan fingerprint density at radius 1 is 1.12 bits per heavy atom. The molecule has 0 saturated heterocycles. The first-order valence-electron chi connectivity index (χ1n) is 10.2. The highest BCUT2D eigenvalue weighted by Gasteiger charge is 2.34. The van der Waals surface area contributed by atoms with Crippen LogP contribution in [-0.4, -0.2) is 35.4 Å². The van der Waals surface area contributed by atoms with E-state index in [4.69, 9.17) is 4.74 Å². The number of H-pyrrole nitrogens is 1. The van der Waals surface area contributed by atoms with Crippen LogP contribution in [0.25, 0.3) is 0 Å². The van der Waals surface area contributed by atoms with Gasteiger partial charge in [0, 0.05) is 18.7 Å². The summed E-state index contributed by atoms with van der Waals surface area (Å²) in [5, 5.41) is 8.41. The van der Waals surface area contributed by atoms with E-state index in [9.17, 15) is 14.4 Å². The standard InChI is InChI=1S/C23H23N5O4/c1-32-16-9-7-15(8-10-16)25-23-27-20-19(22(31)28-23)17(13-18(29)26-20)21(30)24-12-11-14-5-3-2-4-6-14/h2-10,17H,11-13H2,1H3,(H,24,30)(H3,25,26,27,28,29,31). The predicted octanol–water partition coefficient (Wildman–Crippen LogP) is 2.31. The highest BCUT2D eigenvalue weighted by Crippen LogP contribution is 2.29. The lowest BCUT2D eigenvalue weighted by Crippen LogP contribution is -2.39. The van der Waals surface area contributed by atoms with E-state index in [1.54, 1.807) is 31.4 Å². The Morgan fingerprint density at radius 3 is 2.59 bits per heavy atom. The van der Waals surface area contributed by atoms with Gasteiger partial charge in [0.2, 0.25) is 17.8 Å². The molecule has 0 radical (unpaired) electrons. The minimum Gasteiger partial charge on any atom is -0.497 e. The Morgan fingerprint density at radius 2 is 1.88 bits per heavy atom. The van der Waals surface area contributed by atoms with E-state index >= 15 is 0 Å². The van der Waals surface area contributed by atoms with E-state index in [0.717, 1.165) is 5.56 Å². The number of hydrogen-bond donors (Lipinski definition) is 4. The van der Waals surface area contributed by atoms with Crippen molar-refractivity contribution in [1.82, 2.24) is 15.3 Å². The van der Waals surface area contributed by atoms with E-state index in [2.05, 4.69) is 25.9 Å². The molecule has 4 N–H and O–H groups in total. The molecule has 0 aliphatic carbocycles. The van der Waals surface area contributed by atoms with Gasteiger partial charge in [-0.15, -0.1) is 0 Å². The maximum atomic E-state index is 12.8. The molecule has 0 bridgehead atoms. The summed E-state index contributed by atoms with van der Waals surface area (Å²) in [5.74, 6) is -0.709. The molecule has 9 nitrogen and oxygen atoms in total. The second-order valence-corrected chi connectivity index (χ2v) is 7.36. The molecule has 32 heavy (non-hydrogen) atoms. The van der Waals surface area contributed by atoms with Gasteiger partial charge in [-0.2, -0.15) is 4.98 Å². The number of ether oxygens (including phenoxy) is 1. The quantitative estimate of drug-likeness (QED) is 0.453. The lowest BCUT2D eigenvalue weighted by Gasteiger charge is -2.23. The number of methoxy groups -OCH3 is 1. The fourth-order valence-electron chi connectivity index (χ4n) is 3.56. The number of hydrogen-bond acceptors (Lipinski definition) is 6. The Hall–Kier alpha value is -4.14. The van der Waals surface area contributed by atoms with Crippen LogP contribution in [0.15, 0.2) is 59.4 Å². The molecule has 1 atom stereocenters. The van der Waals surface area contributed by atoms with Crippen molar-refractivity contribution in [2.45, 2.75) is 18.8 Å². The number of nitrogens with zero attached hydrogens (tertiary/aromatic N) is 1. The summed E-state index contributed by atoms with van der Waals surface area (Å²) < 4.78 is 5.13. The first kappa shape index (κ1) is 21.1. The average molecular weight is 433 g/mol. The second kappa shape index (κ2) is 9.34. The van der Waals surface area contributed by atoms with Gasteiger partial charge < -0.3 is 20.7 Å². The molecule has 0 spiro atoms. The fraction of sp³-hybridized carbons (Fsp3) is 0.217. The first-order valence-corrected chi connectivity index (χ1v) is 10.2. The number of anilines is 3. The molecule has 2 amide bonds. The van der Waals surface area contributed by atoms with Gasteiger partial charge >= 0.3 is 0 Å². The van der Waals surface area contributed by atoms with Gasteiger partial charge in [-0.3, -0.25) is 19.4 Å².